The maximum atomic E-state index is 13.4. The molecule has 0 bridgehead atoms. The molecule has 0 saturated carbocycles. The number of hydrogen-bond acceptors (Lipinski definition) is 3. The van der Waals surface area contributed by atoms with E-state index in [1.165, 1.54) is 12.1 Å². The molecule has 19 heavy (non-hydrogen) atoms. The van der Waals surface area contributed by atoms with Crippen LogP contribution in [-0.4, -0.2) is 14.6 Å². The lowest BCUT2D eigenvalue weighted by molar-refractivity contribution is 0.623. The van der Waals surface area contributed by atoms with Gasteiger partial charge in [-0.2, -0.15) is 5.10 Å². The third kappa shape index (κ3) is 1.98. The van der Waals surface area contributed by atoms with Crippen LogP contribution in [-0.2, 0) is 0 Å². The monoisotopic (exact) mass is 256 g/mol. The third-order valence-electron chi connectivity index (χ3n) is 3.27. The molecule has 3 rings (SSSR count). The van der Waals surface area contributed by atoms with Crippen molar-refractivity contribution in [3.8, 4) is 0 Å². The van der Waals surface area contributed by atoms with Crippen LogP contribution < -0.4 is 5.73 Å². The fourth-order valence-corrected chi connectivity index (χ4v) is 2.21. The highest BCUT2D eigenvalue weighted by Crippen LogP contribution is 2.26. The number of fused-ring (bicyclic) bond motifs is 1. The van der Waals surface area contributed by atoms with Crippen molar-refractivity contribution in [2.45, 2.75) is 13.0 Å². The van der Waals surface area contributed by atoms with Crippen LogP contribution in [0.3, 0.4) is 0 Å². The first-order chi connectivity index (χ1) is 9.16. The highest BCUT2D eigenvalue weighted by atomic mass is 19.1. The summed E-state index contributed by atoms with van der Waals surface area (Å²) in [6, 6.07) is 4.22. The lowest BCUT2D eigenvalue weighted by Crippen LogP contribution is -2.13. The number of aromatic nitrogens is 3. The van der Waals surface area contributed by atoms with Gasteiger partial charge in [0.2, 0.25) is 0 Å². The Bertz CT molecular complexity index is 735. The molecule has 4 nitrogen and oxygen atoms in total. The zero-order chi connectivity index (χ0) is 13.4. The molecule has 2 aromatic heterocycles. The average molecular weight is 256 g/mol. The predicted octanol–water partition coefficient (Wildman–Crippen LogP) is 2.22. The molecule has 0 aliphatic heterocycles. The van der Waals surface area contributed by atoms with Gasteiger partial charge in [0.15, 0.2) is 0 Å². The van der Waals surface area contributed by atoms with E-state index in [1.807, 2.05) is 6.92 Å². The Hall–Kier alpha value is -2.27. The lowest BCUT2D eigenvalue weighted by atomic mass is 9.97. The smallest absolute Gasteiger partial charge is 0.123 e. The second kappa shape index (κ2) is 4.44. The molecule has 96 valence electrons. The minimum atomic E-state index is -0.419. The Morgan fingerprint density at radius 3 is 2.95 bits per heavy atom. The van der Waals surface area contributed by atoms with Crippen LogP contribution in [0.2, 0.25) is 0 Å². The van der Waals surface area contributed by atoms with E-state index in [2.05, 4.69) is 10.1 Å². The number of rotatable bonds is 2. The van der Waals surface area contributed by atoms with E-state index < -0.39 is 6.04 Å². The molecule has 0 radical (unpaired) electrons. The molecule has 5 heteroatoms. The molecule has 0 aliphatic rings. The molecule has 0 spiro atoms. The second-order valence-electron chi connectivity index (χ2n) is 4.48. The largest absolute Gasteiger partial charge is 0.320 e. The molecule has 1 aromatic carbocycles. The summed E-state index contributed by atoms with van der Waals surface area (Å²) in [5, 5.41) is 4.22. The van der Waals surface area contributed by atoms with Crippen LogP contribution >= 0.6 is 0 Å². The number of nitrogens with two attached hydrogens (primary N) is 1. The van der Waals surface area contributed by atoms with E-state index >= 15 is 0 Å². The topological polar surface area (TPSA) is 56.2 Å². The Labute approximate surface area is 109 Å². The summed E-state index contributed by atoms with van der Waals surface area (Å²) in [7, 11) is 0. The third-order valence-corrected chi connectivity index (χ3v) is 3.27. The minimum absolute atomic E-state index is 0.286. The molecule has 2 heterocycles. The van der Waals surface area contributed by atoms with Gasteiger partial charge in [-0.3, -0.25) is 4.98 Å². The Morgan fingerprint density at radius 1 is 1.26 bits per heavy atom. The van der Waals surface area contributed by atoms with Crippen molar-refractivity contribution in [2.24, 2.45) is 5.73 Å². The van der Waals surface area contributed by atoms with Crippen molar-refractivity contribution in [1.82, 2.24) is 14.6 Å². The van der Waals surface area contributed by atoms with Gasteiger partial charge in [0.1, 0.15) is 5.82 Å². The van der Waals surface area contributed by atoms with Gasteiger partial charge in [0, 0.05) is 18.0 Å². The summed E-state index contributed by atoms with van der Waals surface area (Å²) in [5.41, 5.74) is 9.63. The standard InChI is InChI=1S/C14H13FN4/c1-9-2-3-10(15)6-11(9)14(16)12-7-18-19-5-4-17-8-13(12)19/h2-8,14H,16H2,1H3. The van der Waals surface area contributed by atoms with Crippen molar-refractivity contribution in [3.63, 3.8) is 0 Å². The van der Waals surface area contributed by atoms with Gasteiger partial charge in [0.05, 0.1) is 24.0 Å². The predicted molar refractivity (Wildman–Crippen MR) is 70.2 cm³/mol. The minimum Gasteiger partial charge on any atom is -0.320 e. The lowest BCUT2D eigenvalue weighted by Gasteiger charge is -2.13. The van der Waals surface area contributed by atoms with E-state index in [1.54, 1.807) is 35.4 Å². The van der Waals surface area contributed by atoms with Crippen molar-refractivity contribution >= 4 is 5.52 Å². The fourth-order valence-electron chi connectivity index (χ4n) is 2.21. The summed E-state index contributed by atoms with van der Waals surface area (Å²) in [6.45, 7) is 1.92. The van der Waals surface area contributed by atoms with Gasteiger partial charge < -0.3 is 5.73 Å². The molecule has 0 aliphatic carbocycles. The SMILES string of the molecule is Cc1ccc(F)cc1C(N)c1cnn2ccncc12. The summed E-state index contributed by atoms with van der Waals surface area (Å²) in [5.74, 6) is -0.286. The van der Waals surface area contributed by atoms with Gasteiger partial charge in [0.25, 0.3) is 0 Å². The first-order valence-electron chi connectivity index (χ1n) is 5.95. The Kier molecular flexibility index (Phi) is 2.76. The first kappa shape index (κ1) is 11.8. The molecular weight excluding hydrogens is 243 g/mol. The van der Waals surface area contributed by atoms with Crippen LogP contribution in [0.4, 0.5) is 4.39 Å². The molecular formula is C14H13FN4. The first-order valence-corrected chi connectivity index (χ1v) is 5.95. The maximum absolute atomic E-state index is 13.4. The number of nitrogens with zero attached hydrogens (tertiary/aromatic N) is 3. The Balaban J connectivity index is 2.13. The zero-order valence-corrected chi connectivity index (χ0v) is 10.4. The van der Waals surface area contributed by atoms with E-state index in [0.29, 0.717) is 0 Å². The van der Waals surface area contributed by atoms with Crippen molar-refractivity contribution in [3.05, 3.63) is 65.5 Å². The normalized spacial score (nSPS) is 12.8. The van der Waals surface area contributed by atoms with E-state index in [4.69, 9.17) is 5.73 Å². The van der Waals surface area contributed by atoms with Crippen molar-refractivity contribution in [2.75, 3.05) is 0 Å². The summed E-state index contributed by atoms with van der Waals surface area (Å²) in [4.78, 5) is 4.07. The van der Waals surface area contributed by atoms with Crippen molar-refractivity contribution in [1.29, 1.82) is 0 Å². The summed E-state index contributed by atoms with van der Waals surface area (Å²) < 4.78 is 15.1. The molecule has 0 fully saturated rings. The van der Waals surface area contributed by atoms with Crippen LogP contribution in [0, 0.1) is 12.7 Å². The maximum Gasteiger partial charge on any atom is 0.123 e. The number of aryl methyl sites for hydroxylation is 1. The van der Waals surface area contributed by atoms with Gasteiger partial charge in [-0.05, 0) is 30.2 Å². The van der Waals surface area contributed by atoms with E-state index in [-0.39, 0.29) is 5.82 Å². The molecule has 3 aromatic rings. The number of halogens is 1. The van der Waals surface area contributed by atoms with Crippen LogP contribution in [0.1, 0.15) is 22.7 Å². The number of benzene rings is 1. The van der Waals surface area contributed by atoms with E-state index in [0.717, 1.165) is 22.2 Å². The van der Waals surface area contributed by atoms with Crippen LogP contribution in [0.15, 0.2) is 43.0 Å². The van der Waals surface area contributed by atoms with Gasteiger partial charge in [-0.1, -0.05) is 6.07 Å². The van der Waals surface area contributed by atoms with Gasteiger partial charge in [-0.15, -0.1) is 0 Å². The fraction of sp³-hybridized carbons (Fsp3) is 0.143. The molecule has 2 N–H and O–H groups in total. The summed E-state index contributed by atoms with van der Waals surface area (Å²) in [6.07, 6.45) is 6.82. The second-order valence-corrected chi connectivity index (χ2v) is 4.48. The highest BCUT2D eigenvalue weighted by Gasteiger charge is 2.16. The van der Waals surface area contributed by atoms with Gasteiger partial charge in [-0.25, -0.2) is 8.91 Å². The summed E-state index contributed by atoms with van der Waals surface area (Å²) >= 11 is 0. The van der Waals surface area contributed by atoms with E-state index in [9.17, 15) is 4.39 Å². The van der Waals surface area contributed by atoms with Gasteiger partial charge >= 0.3 is 0 Å². The zero-order valence-electron chi connectivity index (χ0n) is 10.4. The van der Waals surface area contributed by atoms with Crippen molar-refractivity contribution < 1.29 is 4.39 Å². The average Bonchev–Trinajstić information content (AvgIpc) is 2.84. The quantitative estimate of drug-likeness (QED) is 0.765. The Morgan fingerprint density at radius 2 is 2.11 bits per heavy atom. The molecule has 1 atom stereocenters. The highest BCUT2D eigenvalue weighted by molar-refractivity contribution is 5.56. The number of hydrogen-bond donors (Lipinski definition) is 1. The molecule has 0 saturated heterocycles. The molecule has 0 amide bonds. The van der Waals surface area contributed by atoms with Crippen LogP contribution in [0.5, 0.6) is 0 Å². The molecule has 1 unspecified atom stereocenters. The van der Waals surface area contributed by atoms with Crippen LogP contribution in [0.25, 0.3) is 5.52 Å².